The largest absolute Gasteiger partial charge is 0.368 e. The van der Waals surface area contributed by atoms with Crippen molar-refractivity contribution in [1.82, 2.24) is 4.90 Å². The minimum absolute atomic E-state index is 0.277. The van der Waals surface area contributed by atoms with Crippen LogP contribution in [0.2, 0.25) is 0 Å². The summed E-state index contributed by atoms with van der Waals surface area (Å²) in [6.07, 6.45) is 0.931. The van der Waals surface area contributed by atoms with Crippen LogP contribution in [0.15, 0.2) is 42.5 Å². The number of primary amides is 1. The smallest absolute Gasteiger partial charge is 0.239 e. The van der Waals surface area contributed by atoms with Gasteiger partial charge < -0.3 is 5.73 Å². The molecule has 2 heterocycles. The summed E-state index contributed by atoms with van der Waals surface area (Å²) in [5.41, 5.74) is 9.28. The van der Waals surface area contributed by atoms with E-state index in [1.54, 1.807) is 0 Å². The molecule has 3 nitrogen and oxygen atoms in total. The van der Waals surface area contributed by atoms with E-state index >= 15 is 0 Å². The van der Waals surface area contributed by atoms with E-state index in [4.69, 9.17) is 5.73 Å². The number of fused-ring (bicyclic) bond motifs is 2. The number of hydrogen-bond acceptors (Lipinski definition) is 3. The number of thiophene rings is 1. The van der Waals surface area contributed by atoms with Crippen LogP contribution in [0.25, 0.3) is 10.1 Å². The lowest BCUT2D eigenvalue weighted by Gasteiger charge is -2.35. The molecule has 0 aliphatic carbocycles. The van der Waals surface area contributed by atoms with Crippen LogP contribution in [-0.4, -0.2) is 17.4 Å². The van der Waals surface area contributed by atoms with Crippen LogP contribution in [0.1, 0.15) is 27.6 Å². The summed E-state index contributed by atoms with van der Waals surface area (Å²) in [6, 6.07) is 17.0. The maximum absolute atomic E-state index is 12.1. The minimum Gasteiger partial charge on any atom is -0.368 e. The number of benzene rings is 2. The van der Waals surface area contributed by atoms with Crippen LogP contribution in [0.5, 0.6) is 0 Å². The van der Waals surface area contributed by atoms with Crippen molar-refractivity contribution < 1.29 is 4.79 Å². The van der Waals surface area contributed by atoms with Crippen molar-refractivity contribution in [3.8, 4) is 0 Å². The number of carbonyl (C=O) groups is 1. The molecule has 0 saturated carbocycles. The fourth-order valence-corrected chi connectivity index (χ4v) is 4.85. The summed E-state index contributed by atoms with van der Waals surface area (Å²) < 4.78 is 1.30. The van der Waals surface area contributed by atoms with E-state index in [9.17, 15) is 4.79 Å². The molecule has 1 aromatic heterocycles. The van der Waals surface area contributed by atoms with Crippen LogP contribution in [0, 0.1) is 13.0 Å². The average Bonchev–Trinajstić information content (AvgIpc) is 2.90. The number of hydrogen-bond donors (Lipinski definition) is 1. The van der Waals surface area contributed by atoms with E-state index in [2.05, 4.69) is 42.2 Å². The maximum Gasteiger partial charge on any atom is 0.239 e. The molecule has 2 aromatic carbocycles. The van der Waals surface area contributed by atoms with Gasteiger partial charge in [-0.15, -0.1) is 11.3 Å². The van der Waals surface area contributed by atoms with Crippen LogP contribution in [-0.2, 0) is 17.8 Å². The molecule has 0 bridgehead atoms. The third-order valence-electron chi connectivity index (χ3n) is 4.87. The SMILES string of the molecule is Cc1c(CN2CCc3c[c]ccc3C2C(N)=O)sc2ccccc12. The van der Waals surface area contributed by atoms with Crippen LogP contribution < -0.4 is 5.73 Å². The molecule has 24 heavy (non-hydrogen) atoms. The summed E-state index contributed by atoms with van der Waals surface area (Å²) in [5, 5.41) is 1.31. The maximum atomic E-state index is 12.1. The lowest BCUT2D eigenvalue weighted by Crippen LogP contribution is -2.42. The Morgan fingerprint density at radius 2 is 2.21 bits per heavy atom. The van der Waals surface area contributed by atoms with Crippen molar-refractivity contribution in [2.45, 2.75) is 25.9 Å². The quantitative estimate of drug-likeness (QED) is 0.795. The number of nitrogens with two attached hydrogens (primary N) is 1. The van der Waals surface area contributed by atoms with Gasteiger partial charge in [-0.1, -0.05) is 36.4 Å². The highest BCUT2D eigenvalue weighted by atomic mass is 32.1. The zero-order valence-electron chi connectivity index (χ0n) is 13.6. The monoisotopic (exact) mass is 335 g/mol. The number of carbonyl (C=O) groups excluding carboxylic acids is 1. The van der Waals surface area contributed by atoms with Gasteiger partial charge in [0.2, 0.25) is 5.91 Å². The highest BCUT2D eigenvalue weighted by Crippen LogP contribution is 2.35. The van der Waals surface area contributed by atoms with E-state index in [0.717, 1.165) is 25.1 Å². The van der Waals surface area contributed by atoms with E-state index in [0.29, 0.717) is 0 Å². The molecule has 0 saturated heterocycles. The molecule has 1 unspecified atom stereocenters. The standard InChI is InChI=1S/C20H19N2OS/c1-13-15-7-4-5-9-17(15)24-18(13)12-22-11-10-14-6-2-3-8-16(14)19(22)20(21)23/h3-9,19H,10-12H2,1H3,(H2,21,23). The Labute approximate surface area is 145 Å². The van der Waals surface area contributed by atoms with Gasteiger partial charge in [-0.3, -0.25) is 9.69 Å². The van der Waals surface area contributed by atoms with Crippen molar-refractivity contribution in [1.29, 1.82) is 0 Å². The van der Waals surface area contributed by atoms with Gasteiger partial charge in [0.1, 0.15) is 6.04 Å². The summed E-state index contributed by atoms with van der Waals surface area (Å²) in [5.74, 6) is -0.277. The van der Waals surface area contributed by atoms with Crippen LogP contribution >= 0.6 is 11.3 Å². The van der Waals surface area contributed by atoms with E-state index in [1.165, 1.54) is 26.1 Å². The van der Waals surface area contributed by atoms with Gasteiger partial charge >= 0.3 is 0 Å². The van der Waals surface area contributed by atoms with Crippen molar-refractivity contribution >= 4 is 27.3 Å². The molecule has 4 rings (SSSR count). The molecule has 1 aliphatic heterocycles. The Morgan fingerprint density at radius 3 is 3.00 bits per heavy atom. The predicted octanol–water partition coefficient (Wildman–Crippen LogP) is 3.59. The first kappa shape index (κ1) is 15.4. The Kier molecular flexibility index (Phi) is 3.87. The molecule has 0 spiro atoms. The average molecular weight is 335 g/mol. The third-order valence-corrected chi connectivity index (χ3v) is 6.13. The van der Waals surface area contributed by atoms with Gasteiger partial charge in [-0.25, -0.2) is 0 Å². The fraction of sp³-hybridized carbons (Fsp3) is 0.250. The number of rotatable bonds is 3. The van der Waals surface area contributed by atoms with E-state index in [-0.39, 0.29) is 11.9 Å². The van der Waals surface area contributed by atoms with Crippen LogP contribution in [0.4, 0.5) is 0 Å². The second-order valence-electron chi connectivity index (χ2n) is 6.30. The summed E-state index contributed by atoms with van der Waals surface area (Å²) in [7, 11) is 0. The van der Waals surface area contributed by atoms with Crippen molar-refractivity contribution in [2.24, 2.45) is 5.73 Å². The Hall–Kier alpha value is -2.17. The van der Waals surface area contributed by atoms with Gasteiger partial charge in [-0.2, -0.15) is 0 Å². The molecule has 4 heteroatoms. The normalized spacial score (nSPS) is 17.8. The molecule has 0 fully saturated rings. The van der Waals surface area contributed by atoms with E-state index < -0.39 is 0 Å². The number of nitrogens with zero attached hydrogens (tertiary/aromatic N) is 1. The topological polar surface area (TPSA) is 46.3 Å². The Bertz CT molecular complexity index is 915. The fourth-order valence-electron chi connectivity index (χ4n) is 3.61. The highest BCUT2D eigenvalue weighted by Gasteiger charge is 2.31. The Morgan fingerprint density at radius 1 is 1.38 bits per heavy atom. The van der Waals surface area contributed by atoms with Gasteiger partial charge in [0, 0.05) is 22.7 Å². The first-order valence-electron chi connectivity index (χ1n) is 8.14. The van der Waals surface area contributed by atoms with Crippen molar-refractivity contribution in [3.05, 3.63) is 70.1 Å². The molecular weight excluding hydrogens is 316 g/mol. The van der Waals surface area contributed by atoms with Gasteiger partial charge in [0.15, 0.2) is 0 Å². The highest BCUT2D eigenvalue weighted by molar-refractivity contribution is 7.19. The first-order valence-corrected chi connectivity index (χ1v) is 8.96. The third kappa shape index (κ3) is 2.52. The molecule has 1 atom stereocenters. The molecule has 2 N–H and O–H groups in total. The number of aryl methyl sites for hydroxylation is 1. The second kappa shape index (κ2) is 6.04. The minimum atomic E-state index is -0.354. The van der Waals surface area contributed by atoms with Gasteiger partial charge in [-0.05, 0) is 47.6 Å². The summed E-state index contributed by atoms with van der Waals surface area (Å²) >= 11 is 1.81. The molecule has 1 amide bonds. The lowest BCUT2D eigenvalue weighted by atomic mass is 9.92. The first-order chi connectivity index (χ1) is 11.6. The Balaban J connectivity index is 1.71. The van der Waals surface area contributed by atoms with E-state index in [1.807, 2.05) is 29.5 Å². The molecular formula is C20H19N2OS. The lowest BCUT2D eigenvalue weighted by molar-refractivity contribution is -0.124. The zero-order chi connectivity index (χ0) is 16.7. The molecule has 1 radical (unpaired) electrons. The van der Waals surface area contributed by atoms with Gasteiger partial charge in [0.05, 0.1) is 0 Å². The van der Waals surface area contributed by atoms with Crippen LogP contribution in [0.3, 0.4) is 0 Å². The molecule has 121 valence electrons. The second-order valence-corrected chi connectivity index (χ2v) is 7.43. The van der Waals surface area contributed by atoms with Crippen molar-refractivity contribution in [3.63, 3.8) is 0 Å². The summed E-state index contributed by atoms with van der Waals surface area (Å²) in [6.45, 7) is 3.77. The van der Waals surface area contributed by atoms with Gasteiger partial charge in [0.25, 0.3) is 0 Å². The van der Waals surface area contributed by atoms with Crippen molar-refractivity contribution in [2.75, 3.05) is 6.54 Å². The number of amides is 1. The molecule has 1 aliphatic rings. The summed E-state index contributed by atoms with van der Waals surface area (Å²) in [4.78, 5) is 15.7. The molecule has 3 aromatic rings. The zero-order valence-corrected chi connectivity index (χ0v) is 14.4. The predicted molar refractivity (Wildman–Crippen MR) is 97.9 cm³/mol.